The van der Waals surface area contributed by atoms with E-state index in [9.17, 15) is 22.4 Å². The topological polar surface area (TPSA) is 20.3 Å². The van der Waals surface area contributed by atoms with Crippen molar-refractivity contribution in [3.63, 3.8) is 0 Å². The van der Waals surface area contributed by atoms with Crippen molar-refractivity contribution in [2.45, 2.75) is 20.0 Å². The highest BCUT2D eigenvalue weighted by Crippen LogP contribution is 2.30. The van der Waals surface area contributed by atoms with Gasteiger partial charge in [0, 0.05) is 18.7 Å². The molecule has 2 nitrogen and oxygen atoms in total. The average molecular weight is 263 g/mol. The van der Waals surface area contributed by atoms with Crippen LogP contribution in [0.25, 0.3) is 0 Å². The highest BCUT2D eigenvalue weighted by Gasteiger charge is 2.32. The standard InChI is InChI=1S/C12H13F4NO/c1-3-17(4-2)11(18)8-5-9(12(14,15)16)7-10(13)6-8/h5-7H,3-4H2,1-2H3. The molecule has 0 atom stereocenters. The van der Waals surface area contributed by atoms with Crippen LogP contribution in [0.3, 0.4) is 0 Å². The van der Waals surface area contributed by atoms with Gasteiger partial charge in [-0.3, -0.25) is 4.79 Å². The lowest BCUT2D eigenvalue weighted by Crippen LogP contribution is -2.30. The Morgan fingerprint density at radius 3 is 2.17 bits per heavy atom. The van der Waals surface area contributed by atoms with Gasteiger partial charge in [0.15, 0.2) is 0 Å². The van der Waals surface area contributed by atoms with Crippen LogP contribution < -0.4 is 0 Å². The van der Waals surface area contributed by atoms with Gasteiger partial charge in [0.2, 0.25) is 0 Å². The van der Waals surface area contributed by atoms with Gasteiger partial charge in [-0.1, -0.05) is 0 Å². The second kappa shape index (κ2) is 5.37. The fourth-order valence-electron chi connectivity index (χ4n) is 1.57. The molecule has 0 spiro atoms. The third-order valence-electron chi connectivity index (χ3n) is 2.52. The van der Waals surface area contributed by atoms with E-state index in [2.05, 4.69) is 0 Å². The predicted octanol–water partition coefficient (Wildman–Crippen LogP) is 3.33. The number of carbonyl (C=O) groups excluding carboxylic acids is 1. The number of rotatable bonds is 3. The number of carbonyl (C=O) groups is 1. The maximum Gasteiger partial charge on any atom is 0.416 e. The van der Waals surface area contributed by atoms with Gasteiger partial charge < -0.3 is 4.90 Å². The average Bonchev–Trinajstić information content (AvgIpc) is 2.28. The van der Waals surface area contributed by atoms with Crippen molar-refractivity contribution in [2.24, 2.45) is 0 Å². The summed E-state index contributed by atoms with van der Waals surface area (Å²) in [5.74, 6) is -1.68. The van der Waals surface area contributed by atoms with Crippen molar-refractivity contribution in [2.75, 3.05) is 13.1 Å². The Morgan fingerprint density at radius 1 is 1.17 bits per heavy atom. The molecule has 0 aromatic heterocycles. The number of hydrogen-bond donors (Lipinski definition) is 0. The monoisotopic (exact) mass is 263 g/mol. The minimum Gasteiger partial charge on any atom is -0.339 e. The predicted molar refractivity (Wildman–Crippen MR) is 58.7 cm³/mol. The maximum absolute atomic E-state index is 13.1. The summed E-state index contributed by atoms with van der Waals surface area (Å²) in [6.07, 6.45) is -4.67. The molecule has 1 aromatic carbocycles. The minimum atomic E-state index is -4.67. The zero-order valence-electron chi connectivity index (χ0n) is 10.0. The normalized spacial score (nSPS) is 11.4. The lowest BCUT2D eigenvalue weighted by Gasteiger charge is -2.19. The summed E-state index contributed by atoms with van der Waals surface area (Å²) in [6.45, 7) is 4.11. The van der Waals surface area contributed by atoms with E-state index in [0.29, 0.717) is 25.2 Å². The summed E-state index contributed by atoms with van der Waals surface area (Å²) in [5, 5.41) is 0. The molecule has 0 N–H and O–H groups in total. The number of benzene rings is 1. The number of hydrogen-bond acceptors (Lipinski definition) is 1. The third-order valence-corrected chi connectivity index (χ3v) is 2.52. The fraction of sp³-hybridized carbons (Fsp3) is 0.417. The van der Waals surface area contributed by atoms with E-state index in [1.54, 1.807) is 13.8 Å². The summed E-state index contributed by atoms with van der Waals surface area (Å²) < 4.78 is 50.6. The molecule has 100 valence electrons. The molecule has 0 unspecified atom stereocenters. The molecule has 0 bridgehead atoms. The van der Waals surface area contributed by atoms with Crippen molar-refractivity contribution < 1.29 is 22.4 Å². The largest absolute Gasteiger partial charge is 0.416 e. The SMILES string of the molecule is CCN(CC)C(=O)c1cc(F)cc(C(F)(F)F)c1. The quantitative estimate of drug-likeness (QED) is 0.766. The highest BCUT2D eigenvalue weighted by atomic mass is 19.4. The zero-order chi connectivity index (χ0) is 13.9. The molecule has 1 amide bonds. The Morgan fingerprint density at radius 2 is 1.72 bits per heavy atom. The molecule has 0 fully saturated rings. The molecular weight excluding hydrogens is 250 g/mol. The summed E-state index contributed by atoms with van der Waals surface area (Å²) in [7, 11) is 0. The number of nitrogens with zero attached hydrogens (tertiary/aromatic N) is 1. The Balaban J connectivity index is 3.18. The van der Waals surface area contributed by atoms with E-state index >= 15 is 0 Å². The van der Waals surface area contributed by atoms with Crippen LogP contribution in [-0.2, 0) is 6.18 Å². The van der Waals surface area contributed by atoms with Crippen molar-refractivity contribution in [3.05, 3.63) is 35.1 Å². The fourth-order valence-corrected chi connectivity index (χ4v) is 1.57. The van der Waals surface area contributed by atoms with Crippen LogP contribution in [0, 0.1) is 5.82 Å². The third kappa shape index (κ3) is 3.21. The lowest BCUT2D eigenvalue weighted by atomic mass is 10.1. The maximum atomic E-state index is 13.1. The van der Waals surface area contributed by atoms with Crippen molar-refractivity contribution in [1.82, 2.24) is 4.90 Å². The van der Waals surface area contributed by atoms with E-state index in [0.717, 1.165) is 6.07 Å². The molecule has 0 heterocycles. The summed E-state index contributed by atoms with van der Waals surface area (Å²) in [4.78, 5) is 13.2. The first-order valence-corrected chi connectivity index (χ1v) is 5.46. The van der Waals surface area contributed by atoms with Crippen LogP contribution in [0.15, 0.2) is 18.2 Å². The number of amides is 1. The van der Waals surface area contributed by atoms with Crippen LogP contribution in [0.5, 0.6) is 0 Å². The molecule has 18 heavy (non-hydrogen) atoms. The molecule has 0 radical (unpaired) electrons. The molecule has 0 aliphatic rings. The van der Waals surface area contributed by atoms with E-state index in [-0.39, 0.29) is 5.56 Å². The summed E-state index contributed by atoms with van der Waals surface area (Å²) in [6, 6.07) is 1.86. The van der Waals surface area contributed by atoms with Crippen molar-refractivity contribution >= 4 is 5.91 Å². The molecule has 0 saturated heterocycles. The van der Waals surface area contributed by atoms with Crippen LogP contribution in [0.2, 0.25) is 0 Å². The van der Waals surface area contributed by atoms with Crippen molar-refractivity contribution in [1.29, 1.82) is 0 Å². The molecule has 1 rings (SSSR count). The Hall–Kier alpha value is -1.59. The van der Waals surface area contributed by atoms with Crippen LogP contribution >= 0.6 is 0 Å². The van der Waals surface area contributed by atoms with Gasteiger partial charge in [0.05, 0.1) is 5.56 Å². The molecule has 6 heteroatoms. The Labute approximate surface area is 102 Å². The summed E-state index contributed by atoms with van der Waals surface area (Å²) in [5.41, 5.74) is -1.44. The first-order chi connectivity index (χ1) is 8.29. The smallest absolute Gasteiger partial charge is 0.339 e. The van der Waals surface area contributed by atoms with Gasteiger partial charge in [-0.15, -0.1) is 0 Å². The lowest BCUT2D eigenvalue weighted by molar-refractivity contribution is -0.137. The van der Waals surface area contributed by atoms with Crippen LogP contribution in [0.1, 0.15) is 29.8 Å². The summed E-state index contributed by atoms with van der Waals surface area (Å²) >= 11 is 0. The second-order valence-electron chi connectivity index (χ2n) is 3.70. The van der Waals surface area contributed by atoms with E-state index in [1.165, 1.54) is 4.90 Å². The number of halogens is 4. The number of alkyl halides is 3. The molecule has 0 aliphatic carbocycles. The highest BCUT2D eigenvalue weighted by molar-refractivity contribution is 5.94. The minimum absolute atomic E-state index is 0.286. The molecular formula is C12H13F4NO. The second-order valence-corrected chi connectivity index (χ2v) is 3.70. The van der Waals surface area contributed by atoms with Crippen LogP contribution in [0.4, 0.5) is 17.6 Å². The van der Waals surface area contributed by atoms with E-state index in [1.807, 2.05) is 0 Å². The van der Waals surface area contributed by atoms with Gasteiger partial charge in [0.1, 0.15) is 5.82 Å². The van der Waals surface area contributed by atoms with Gasteiger partial charge in [-0.25, -0.2) is 4.39 Å². The molecule has 1 aromatic rings. The Bertz CT molecular complexity index is 438. The first kappa shape index (κ1) is 14.5. The van der Waals surface area contributed by atoms with Gasteiger partial charge in [-0.2, -0.15) is 13.2 Å². The van der Waals surface area contributed by atoms with Gasteiger partial charge in [0.25, 0.3) is 5.91 Å². The van der Waals surface area contributed by atoms with E-state index in [4.69, 9.17) is 0 Å². The molecule has 0 aliphatic heterocycles. The van der Waals surface area contributed by atoms with Gasteiger partial charge >= 0.3 is 6.18 Å². The van der Waals surface area contributed by atoms with Crippen molar-refractivity contribution in [3.8, 4) is 0 Å². The van der Waals surface area contributed by atoms with Gasteiger partial charge in [-0.05, 0) is 32.0 Å². The zero-order valence-corrected chi connectivity index (χ0v) is 10.0. The Kier molecular flexibility index (Phi) is 4.32. The van der Waals surface area contributed by atoms with Crippen LogP contribution in [-0.4, -0.2) is 23.9 Å². The molecule has 0 saturated carbocycles. The van der Waals surface area contributed by atoms with E-state index < -0.39 is 23.5 Å². The first-order valence-electron chi connectivity index (χ1n) is 5.46.